The van der Waals surface area contributed by atoms with Crippen LogP contribution in [0.15, 0.2) is 9.31 Å². The molecule has 1 atom stereocenters. The number of aryl methyl sites for hydroxylation is 2. The van der Waals surface area contributed by atoms with E-state index in [4.69, 9.17) is 10.2 Å². The summed E-state index contributed by atoms with van der Waals surface area (Å²) in [6, 6.07) is -0.632. The van der Waals surface area contributed by atoms with E-state index in [2.05, 4.69) is 4.74 Å². The van der Waals surface area contributed by atoms with Crippen LogP contribution >= 0.6 is 12.4 Å². The number of hydrogen-bond acceptors (Lipinski definition) is 7. The van der Waals surface area contributed by atoms with Crippen LogP contribution in [0.1, 0.15) is 28.8 Å². The highest BCUT2D eigenvalue weighted by molar-refractivity contribution is 7.89. The van der Waals surface area contributed by atoms with Crippen molar-refractivity contribution in [3.63, 3.8) is 0 Å². The van der Waals surface area contributed by atoms with Gasteiger partial charge in [-0.2, -0.15) is 4.31 Å². The maximum atomic E-state index is 13.0. The summed E-state index contributed by atoms with van der Waals surface area (Å²) >= 11 is 0. The van der Waals surface area contributed by atoms with Crippen LogP contribution < -0.4 is 5.73 Å². The normalized spacial score (nSPS) is 16.7. The zero-order chi connectivity index (χ0) is 18.9. The molecule has 9 nitrogen and oxygen atoms in total. The van der Waals surface area contributed by atoms with Gasteiger partial charge < -0.3 is 19.8 Å². The quantitative estimate of drug-likeness (QED) is 0.708. The number of hydrogen-bond donors (Lipinski definition) is 1. The molecule has 1 aliphatic heterocycles. The Hall–Kier alpha value is -1.62. The van der Waals surface area contributed by atoms with Gasteiger partial charge in [-0.05, 0) is 20.8 Å². The fourth-order valence-corrected chi connectivity index (χ4v) is 4.67. The number of rotatable bonds is 4. The number of piperazine rings is 1. The van der Waals surface area contributed by atoms with E-state index < -0.39 is 22.0 Å². The van der Waals surface area contributed by atoms with Crippen molar-refractivity contribution in [1.82, 2.24) is 9.21 Å². The number of nitrogens with zero attached hydrogens (tertiary/aromatic N) is 2. The van der Waals surface area contributed by atoms with E-state index in [1.165, 1.54) is 30.2 Å². The summed E-state index contributed by atoms with van der Waals surface area (Å²) in [5, 5.41) is 0. The Bertz CT molecular complexity index is 782. The Morgan fingerprint density at radius 1 is 1.15 bits per heavy atom. The summed E-state index contributed by atoms with van der Waals surface area (Å²) in [4.78, 5) is 25.3. The molecule has 148 valence electrons. The molecular formula is C15H24ClN3O6S. The minimum atomic E-state index is -3.96. The van der Waals surface area contributed by atoms with Gasteiger partial charge in [0.2, 0.25) is 15.9 Å². The van der Waals surface area contributed by atoms with Crippen LogP contribution in [0.4, 0.5) is 0 Å². The number of amides is 1. The fraction of sp³-hybridized carbons (Fsp3) is 0.600. The van der Waals surface area contributed by atoms with Gasteiger partial charge in [0.25, 0.3) is 0 Å². The van der Waals surface area contributed by atoms with Gasteiger partial charge in [-0.1, -0.05) is 0 Å². The molecule has 1 amide bonds. The van der Waals surface area contributed by atoms with Crippen molar-refractivity contribution in [2.24, 2.45) is 5.73 Å². The highest BCUT2D eigenvalue weighted by Gasteiger charge is 2.37. The lowest BCUT2D eigenvalue weighted by Gasteiger charge is -2.34. The summed E-state index contributed by atoms with van der Waals surface area (Å²) in [6.07, 6.45) is 0. The monoisotopic (exact) mass is 409 g/mol. The van der Waals surface area contributed by atoms with E-state index in [1.54, 1.807) is 6.92 Å². The second-order valence-electron chi connectivity index (χ2n) is 5.93. The summed E-state index contributed by atoms with van der Waals surface area (Å²) in [5.41, 5.74) is 5.49. The van der Waals surface area contributed by atoms with Crippen LogP contribution in [-0.4, -0.2) is 68.8 Å². The first kappa shape index (κ1) is 22.4. The molecule has 26 heavy (non-hydrogen) atoms. The molecule has 1 aromatic heterocycles. The Morgan fingerprint density at radius 2 is 1.69 bits per heavy atom. The van der Waals surface area contributed by atoms with E-state index in [9.17, 15) is 18.0 Å². The molecule has 1 unspecified atom stereocenters. The molecule has 0 bridgehead atoms. The molecule has 1 aliphatic rings. The number of sulfonamides is 1. The Kier molecular flexibility index (Phi) is 7.23. The van der Waals surface area contributed by atoms with E-state index in [1.807, 2.05) is 0 Å². The number of nitrogens with two attached hydrogens (primary N) is 1. The van der Waals surface area contributed by atoms with Crippen molar-refractivity contribution in [3.05, 3.63) is 17.1 Å². The van der Waals surface area contributed by atoms with Crippen molar-refractivity contribution >= 4 is 34.3 Å². The molecule has 1 aromatic rings. The van der Waals surface area contributed by atoms with Crippen LogP contribution in [0.5, 0.6) is 0 Å². The topological polar surface area (TPSA) is 123 Å². The molecule has 1 saturated heterocycles. The maximum Gasteiger partial charge on any atom is 0.342 e. The van der Waals surface area contributed by atoms with Crippen LogP contribution in [0.3, 0.4) is 0 Å². The summed E-state index contributed by atoms with van der Waals surface area (Å²) < 4.78 is 37.3. The lowest BCUT2D eigenvalue weighted by molar-refractivity contribution is -0.133. The molecule has 2 N–H and O–H groups in total. The largest absolute Gasteiger partial charge is 0.465 e. The number of methoxy groups -OCH3 is 1. The minimum absolute atomic E-state index is 0. The summed E-state index contributed by atoms with van der Waals surface area (Å²) in [7, 11) is -2.78. The summed E-state index contributed by atoms with van der Waals surface area (Å²) in [6.45, 7) is 5.30. The molecule has 2 heterocycles. The van der Waals surface area contributed by atoms with Crippen LogP contribution in [0.25, 0.3) is 0 Å². The Balaban J connectivity index is 0.00000338. The second-order valence-corrected chi connectivity index (χ2v) is 7.80. The molecule has 2 rings (SSSR count). The Labute approximate surface area is 158 Å². The third-order valence-electron chi connectivity index (χ3n) is 4.13. The molecule has 1 fully saturated rings. The maximum absolute atomic E-state index is 13.0. The predicted octanol–water partition coefficient (Wildman–Crippen LogP) is 0.285. The van der Waals surface area contributed by atoms with Gasteiger partial charge in [0, 0.05) is 26.2 Å². The van der Waals surface area contributed by atoms with Crippen molar-refractivity contribution in [2.45, 2.75) is 31.7 Å². The lowest BCUT2D eigenvalue weighted by atomic mass is 10.2. The van der Waals surface area contributed by atoms with Crippen LogP contribution in [0, 0.1) is 13.8 Å². The van der Waals surface area contributed by atoms with Gasteiger partial charge in [-0.15, -0.1) is 12.4 Å². The smallest absolute Gasteiger partial charge is 0.342 e. The number of carbonyl (C=O) groups is 2. The van der Waals surface area contributed by atoms with Crippen molar-refractivity contribution in [3.8, 4) is 0 Å². The lowest BCUT2D eigenvalue weighted by Crippen LogP contribution is -2.53. The number of ether oxygens (including phenoxy) is 1. The molecule has 0 aromatic carbocycles. The van der Waals surface area contributed by atoms with Gasteiger partial charge >= 0.3 is 5.97 Å². The molecule has 0 spiro atoms. The van der Waals surface area contributed by atoms with Crippen LogP contribution in [0.2, 0.25) is 0 Å². The number of furan rings is 1. The third-order valence-corrected chi connectivity index (χ3v) is 6.18. The molecule has 11 heteroatoms. The first-order valence-corrected chi connectivity index (χ1v) is 9.28. The first-order valence-electron chi connectivity index (χ1n) is 7.84. The summed E-state index contributed by atoms with van der Waals surface area (Å²) in [5.74, 6) is -0.665. The molecular weight excluding hydrogens is 386 g/mol. The van der Waals surface area contributed by atoms with E-state index in [-0.39, 0.29) is 66.5 Å². The second kappa shape index (κ2) is 8.38. The number of carbonyl (C=O) groups excluding carboxylic acids is 2. The third kappa shape index (κ3) is 4.03. The van der Waals surface area contributed by atoms with Gasteiger partial charge in [0.15, 0.2) is 0 Å². The standard InChI is InChI=1S/C15H23N3O6S.ClH/c1-9(16)14(19)17-5-7-18(8-6-17)25(21,22)13-11(3)24-10(2)12(13)15(20)23-4;/h9H,5-8,16H2,1-4H3;1H. The average molecular weight is 410 g/mol. The predicted molar refractivity (Wildman–Crippen MR) is 95.8 cm³/mol. The zero-order valence-electron chi connectivity index (χ0n) is 15.1. The SMILES string of the molecule is COC(=O)c1c(C)oc(C)c1S(=O)(=O)N1CCN(C(=O)C(C)N)CC1.Cl. The van der Waals surface area contributed by atoms with E-state index >= 15 is 0 Å². The van der Waals surface area contributed by atoms with Gasteiger partial charge in [0.05, 0.1) is 13.2 Å². The molecule has 0 saturated carbocycles. The number of esters is 1. The minimum Gasteiger partial charge on any atom is -0.465 e. The number of halogens is 1. The van der Waals surface area contributed by atoms with Crippen molar-refractivity contribution in [2.75, 3.05) is 33.3 Å². The van der Waals surface area contributed by atoms with E-state index in [0.29, 0.717) is 0 Å². The zero-order valence-corrected chi connectivity index (χ0v) is 16.8. The van der Waals surface area contributed by atoms with Gasteiger partial charge in [0.1, 0.15) is 22.0 Å². The van der Waals surface area contributed by atoms with Crippen molar-refractivity contribution in [1.29, 1.82) is 0 Å². The van der Waals surface area contributed by atoms with Gasteiger partial charge in [-0.25, -0.2) is 13.2 Å². The highest BCUT2D eigenvalue weighted by atomic mass is 35.5. The first-order chi connectivity index (χ1) is 11.6. The van der Waals surface area contributed by atoms with Gasteiger partial charge in [-0.3, -0.25) is 4.79 Å². The Morgan fingerprint density at radius 3 is 2.15 bits per heavy atom. The highest BCUT2D eigenvalue weighted by Crippen LogP contribution is 2.30. The van der Waals surface area contributed by atoms with Crippen LogP contribution in [-0.2, 0) is 19.6 Å². The molecule has 0 radical (unpaired) electrons. The van der Waals surface area contributed by atoms with Crippen molar-refractivity contribution < 1.29 is 27.2 Å². The fourth-order valence-electron chi connectivity index (χ4n) is 2.88. The average Bonchev–Trinajstić information content (AvgIpc) is 2.88. The molecule has 0 aliphatic carbocycles. The van der Waals surface area contributed by atoms with E-state index in [0.717, 1.165) is 0 Å².